The van der Waals surface area contributed by atoms with E-state index in [1.807, 2.05) is 52.0 Å². The van der Waals surface area contributed by atoms with Crippen LogP contribution in [0, 0.1) is 6.92 Å². The van der Waals surface area contributed by atoms with Crippen LogP contribution in [0.15, 0.2) is 29.8 Å². The molecule has 0 bridgehead atoms. The third-order valence-electron chi connectivity index (χ3n) is 3.92. The van der Waals surface area contributed by atoms with Gasteiger partial charge in [0.15, 0.2) is 0 Å². The lowest BCUT2D eigenvalue weighted by atomic mass is 9.93. The van der Waals surface area contributed by atoms with E-state index < -0.39 is 11.7 Å². The van der Waals surface area contributed by atoms with Crippen molar-refractivity contribution in [3.05, 3.63) is 41.0 Å². The molecule has 5 heteroatoms. The number of amides is 1. The largest absolute Gasteiger partial charge is 0.463 e. The van der Waals surface area contributed by atoms with Gasteiger partial charge in [-0.2, -0.15) is 0 Å². The Kier molecular flexibility index (Phi) is 5.88. The maximum absolute atomic E-state index is 12.4. The zero-order chi connectivity index (χ0) is 18.6. The number of aryl methyl sites for hydroxylation is 1. The molecule has 136 valence electrons. The van der Waals surface area contributed by atoms with E-state index in [-0.39, 0.29) is 12.5 Å². The van der Waals surface area contributed by atoms with Crippen molar-refractivity contribution in [3.8, 4) is 0 Å². The summed E-state index contributed by atoms with van der Waals surface area (Å²) in [5.41, 5.74) is 3.06. The van der Waals surface area contributed by atoms with Crippen LogP contribution < -0.4 is 0 Å². The minimum atomic E-state index is -0.567. The lowest BCUT2D eigenvalue weighted by molar-refractivity contribution is -0.138. The number of hydrogen-bond donors (Lipinski definition) is 0. The second-order valence-electron chi connectivity index (χ2n) is 7.20. The van der Waals surface area contributed by atoms with E-state index in [9.17, 15) is 9.59 Å². The molecule has 0 spiro atoms. The highest BCUT2D eigenvalue weighted by atomic mass is 16.6. The maximum Gasteiger partial charge on any atom is 0.410 e. The fourth-order valence-corrected chi connectivity index (χ4v) is 2.72. The Morgan fingerprint density at radius 3 is 2.36 bits per heavy atom. The molecule has 1 heterocycles. The molecule has 0 saturated carbocycles. The first-order valence-electron chi connectivity index (χ1n) is 8.65. The van der Waals surface area contributed by atoms with E-state index >= 15 is 0 Å². The minimum absolute atomic E-state index is 0.205. The average Bonchev–Trinajstić information content (AvgIpc) is 2.54. The van der Waals surface area contributed by atoms with Gasteiger partial charge in [-0.1, -0.05) is 29.8 Å². The van der Waals surface area contributed by atoms with Crippen molar-refractivity contribution in [1.82, 2.24) is 4.90 Å². The summed E-state index contributed by atoms with van der Waals surface area (Å²) in [6.07, 6.45) is 0.188. The van der Waals surface area contributed by atoms with Crippen LogP contribution in [0.2, 0.25) is 0 Å². The summed E-state index contributed by atoms with van der Waals surface area (Å²) in [6, 6.07) is 8.05. The third kappa shape index (κ3) is 5.08. The van der Waals surface area contributed by atoms with Crippen molar-refractivity contribution < 1.29 is 19.1 Å². The minimum Gasteiger partial charge on any atom is -0.463 e. The van der Waals surface area contributed by atoms with E-state index in [1.165, 1.54) is 0 Å². The number of ether oxygens (including phenoxy) is 2. The van der Waals surface area contributed by atoms with Gasteiger partial charge in [0.05, 0.1) is 18.7 Å². The molecule has 0 radical (unpaired) electrons. The van der Waals surface area contributed by atoms with Crippen LogP contribution in [0.5, 0.6) is 0 Å². The summed E-state index contributed by atoms with van der Waals surface area (Å²) in [6.45, 7) is 10.3. The highest BCUT2D eigenvalue weighted by Crippen LogP contribution is 2.29. The number of carbonyl (C=O) groups is 2. The molecular weight excluding hydrogens is 318 g/mol. The molecule has 25 heavy (non-hydrogen) atoms. The van der Waals surface area contributed by atoms with Crippen molar-refractivity contribution in [1.29, 1.82) is 0 Å². The first kappa shape index (κ1) is 19.0. The summed E-state index contributed by atoms with van der Waals surface area (Å²) in [5, 5.41) is 0. The fourth-order valence-electron chi connectivity index (χ4n) is 2.72. The molecule has 0 fully saturated rings. The number of rotatable bonds is 3. The molecule has 0 unspecified atom stereocenters. The van der Waals surface area contributed by atoms with Crippen LogP contribution in [0.4, 0.5) is 4.79 Å². The van der Waals surface area contributed by atoms with E-state index in [0.717, 1.165) is 16.7 Å². The van der Waals surface area contributed by atoms with Crippen molar-refractivity contribution in [2.24, 2.45) is 0 Å². The van der Waals surface area contributed by atoms with Gasteiger partial charge in [-0.05, 0) is 52.2 Å². The van der Waals surface area contributed by atoms with E-state index in [4.69, 9.17) is 9.47 Å². The molecule has 1 aliphatic rings. The quantitative estimate of drug-likeness (QED) is 0.778. The predicted octanol–water partition coefficient (Wildman–Crippen LogP) is 3.95. The molecule has 0 aliphatic carbocycles. The zero-order valence-electron chi connectivity index (χ0n) is 15.7. The van der Waals surface area contributed by atoms with Gasteiger partial charge in [-0.15, -0.1) is 0 Å². The molecule has 1 amide bonds. The monoisotopic (exact) mass is 345 g/mol. The van der Waals surface area contributed by atoms with Crippen molar-refractivity contribution in [3.63, 3.8) is 0 Å². The van der Waals surface area contributed by atoms with Crippen molar-refractivity contribution in [2.45, 2.75) is 46.6 Å². The van der Waals surface area contributed by atoms with E-state index in [0.29, 0.717) is 25.1 Å². The molecule has 1 aromatic rings. The second-order valence-corrected chi connectivity index (χ2v) is 7.20. The Balaban J connectivity index is 2.31. The molecule has 0 saturated heterocycles. The molecular formula is C20H27NO4. The Labute approximate surface area is 149 Å². The summed E-state index contributed by atoms with van der Waals surface area (Å²) < 4.78 is 10.6. The fraction of sp³-hybridized carbons (Fsp3) is 0.500. The Morgan fingerprint density at radius 2 is 1.80 bits per heavy atom. The average molecular weight is 345 g/mol. The lowest BCUT2D eigenvalue weighted by Crippen LogP contribution is -2.42. The van der Waals surface area contributed by atoms with E-state index in [2.05, 4.69) is 0 Å². The molecule has 5 nitrogen and oxygen atoms in total. The summed E-state index contributed by atoms with van der Waals surface area (Å²) >= 11 is 0. The maximum atomic E-state index is 12.4. The van der Waals surface area contributed by atoms with Gasteiger partial charge in [0.1, 0.15) is 5.60 Å². The molecule has 0 N–H and O–H groups in total. The van der Waals surface area contributed by atoms with Crippen molar-refractivity contribution in [2.75, 3.05) is 19.7 Å². The molecule has 1 aromatic carbocycles. The molecule has 0 aromatic heterocycles. The number of esters is 1. The van der Waals surface area contributed by atoms with Crippen LogP contribution in [0.3, 0.4) is 0 Å². The Bertz CT molecular complexity index is 668. The highest BCUT2D eigenvalue weighted by Gasteiger charge is 2.30. The first-order chi connectivity index (χ1) is 11.7. The van der Waals surface area contributed by atoms with Crippen LogP contribution in [-0.4, -0.2) is 42.3 Å². The van der Waals surface area contributed by atoms with Crippen LogP contribution in [0.25, 0.3) is 5.57 Å². The van der Waals surface area contributed by atoms with Gasteiger partial charge in [-0.3, -0.25) is 0 Å². The number of nitrogens with zero attached hydrogens (tertiary/aromatic N) is 1. The summed E-state index contributed by atoms with van der Waals surface area (Å²) in [4.78, 5) is 26.4. The lowest BCUT2D eigenvalue weighted by Gasteiger charge is -2.32. The van der Waals surface area contributed by atoms with Crippen LogP contribution >= 0.6 is 0 Å². The molecule has 1 aliphatic heterocycles. The summed E-state index contributed by atoms with van der Waals surface area (Å²) in [7, 11) is 0. The Morgan fingerprint density at radius 1 is 1.16 bits per heavy atom. The third-order valence-corrected chi connectivity index (χ3v) is 3.92. The smallest absolute Gasteiger partial charge is 0.410 e. The second kappa shape index (κ2) is 7.72. The normalized spacial score (nSPS) is 15.2. The zero-order valence-corrected chi connectivity index (χ0v) is 15.7. The standard InChI is InChI=1S/C20H27NO4/c1-6-24-18(22)17-13-21(19(23)25-20(3,4)5)12-11-16(17)15-9-7-14(2)8-10-15/h7-10H,6,11-13H2,1-5H3. The molecule has 0 atom stereocenters. The number of hydrogen-bond acceptors (Lipinski definition) is 4. The SMILES string of the molecule is CCOC(=O)C1=C(c2ccc(C)cc2)CCN(C(=O)OC(C)(C)C)C1. The van der Waals surface area contributed by atoms with Gasteiger partial charge in [0.2, 0.25) is 0 Å². The summed E-state index contributed by atoms with van der Waals surface area (Å²) in [5.74, 6) is -0.369. The number of carbonyl (C=O) groups excluding carboxylic acids is 2. The Hall–Kier alpha value is -2.30. The first-order valence-corrected chi connectivity index (χ1v) is 8.65. The highest BCUT2D eigenvalue weighted by molar-refractivity contribution is 5.99. The van der Waals surface area contributed by atoms with Gasteiger partial charge in [0.25, 0.3) is 0 Å². The predicted molar refractivity (Wildman–Crippen MR) is 97.2 cm³/mol. The molecule has 2 rings (SSSR count). The van der Waals surface area contributed by atoms with E-state index in [1.54, 1.807) is 11.8 Å². The van der Waals surface area contributed by atoms with Gasteiger partial charge in [-0.25, -0.2) is 9.59 Å². The van der Waals surface area contributed by atoms with Gasteiger partial charge >= 0.3 is 12.1 Å². The topological polar surface area (TPSA) is 55.8 Å². The van der Waals surface area contributed by atoms with Crippen molar-refractivity contribution >= 4 is 17.6 Å². The van der Waals surface area contributed by atoms with Gasteiger partial charge < -0.3 is 14.4 Å². The van der Waals surface area contributed by atoms with Crippen LogP contribution in [-0.2, 0) is 14.3 Å². The van der Waals surface area contributed by atoms with Crippen LogP contribution in [0.1, 0.15) is 45.2 Å². The number of benzene rings is 1. The van der Waals surface area contributed by atoms with Gasteiger partial charge in [0, 0.05) is 6.54 Å².